The van der Waals surface area contributed by atoms with Gasteiger partial charge >= 0.3 is 0 Å². The van der Waals surface area contributed by atoms with Gasteiger partial charge in [-0.25, -0.2) is 0 Å². The van der Waals surface area contributed by atoms with E-state index in [1.54, 1.807) is 7.11 Å². The van der Waals surface area contributed by atoms with Crippen molar-refractivity contribution in [1.29, 1.82) is 0 Å². The summed E-state index contributed by atoms with van der Waals surface area (Å²) in [5.74, 6) is 0.649. The summed E-state index contributed by atoms with van der Waals surface area (Å²) in [7, 11) is 1.64. The summed E-state index contributed by atoms with van der Waals surface area (Å²) in [6.07, 6.45) is 1.92. The number of carbonyl (C=O) groups is 1. The van der Waals surface area contributed by atoms with Crippen molar-refractivity contribution in [3.05, 3.63) is 137 Å². The van der Waals surface area contributed by atoms with Gasteiger partial charge in [-0.3, -0.25) is 4.79 Å². The number of benzene rings is 4. The average molecular weight is 434 g/mol. The van der Waals surface area contributed by atoms with Gasteiger partial charge in [0.15, 0.2) is 0 Å². The standard InChI is InChI=1S/C30H27NO2/c1-22-11-9-10-16-27(22)29(25-14-7-4-8-15-25)31-30(32)28(24-12-5-3-6-13-24)21-23-17-19-26(33-2)20-18-23/h3-21,29H,1-2H3,(H,31,32)/b28-21+/t29-/m1/s1. The zero-order valence-electron chi connectivity index (χ0n) is 18.9. The lowest BCUT2D eigenvalue weighted by Crippen LogP contribution is -2.30. The van der Waals surface area contributed by atoms with Crippen molar-refractivity contribution in [2.24, 2.45) is 0 Å². The van der Waals surface area contributed by atoms with Crippen LogP contribution in [0, 0.1) is 6.92 Å². The van der Waals surface area contributed by atoms with E-state index in [4.69, 9.17) is 4.74 Å². The summed E-state index contributed by atoms with van der Waals surface area (Å²) in [5, 5.41) is 3.30. The van der Waals surface area contributed by atoms with Crippen LogP contribution in [0.5, 0.6) is 5.75 Å². The van der Waals surface area contributed by atoms with E-state index >= 15 is 0 Å². The predicted octanol–water partition coefficient (Wildman–Crippen LogP) is 6.45. The highest BCUT2D eigenvalue weighted by molar-refractivity contribution is 6.24. The van der Waals surface area contributed by atoms with Crippen LogP contribution >= 0.6 is 0 Å². The van der Waals surface area contributed by atoms with Crippen molar-refractivity contribution in [2.45, 2.75) is 13.0 Å². The Morgan fingerprint density at radius 3 is 2.03 bits per heavy atom. The van der Waals surface area contributed by atoms with Gasteiger partial charge in [0.2, 0.25) is 0 Å². The Morgan fingerprint density at radius 1 is 0.788 bits per heavy atom. The Balaban J connectivity index is 1.74. The van der Waals surface area contributed by atoms with Gasteiger partial charge < -0.3 is 10.1 Å². The molecule has 0 unspecified atom stereocenters. The first-order valence-corrected chi connectivity index (χ1v) is 11.0. The minimum absolute atomic E-state index is 0.130. The number of rotatable bonds is 7. The zero-order chi connectivity index (χ0) is 23.0. The van der Waals surface area contributed by atoms with Crippen molar-refractivity contribution in [1.82, 2.24) is 5.32 Å². The number of carbonyl (C=O) groups excluding carboxylic acids is 1. The van der Waals surface area contributed by atoms with Crippen LogP contribution in [-0.4, -0.2) is 13.0 Å². The molecule has 0 aliphatic rings. The van der Waals surface area contributed by atoms with E-state index in [1.165, 1.54) is 0 Å². The molecule has 3 heteroatoms. The Bertz CT molecular complexity index is 1230. The molecule has 0 saturated carbocycles. The van der Waals surface area contributed by atoms with Gasteiger partial charge in [0.1, 0.15) is 5.75 Å². The molecule has 0 saturated heterocycles. The molecule has 0 spiro atoms. The minimum atomic E-state index is -0.261. The van der Waals surface area contributed by atoms with E-state index < -0.39 is 0 Å². The van der Waals surface area contributed by atoms with Gasteiger partial charge in [0.05, 0.1) is 13.2 Å². The fraction of sp³-hybridized carbons (Fsp3) is 0.100. The van der Waals surface area contributed by atoms with E-state index in [2.05, 4.69) is 24.4 Å². The van der Waals surface area contributed by atoms with Crippen LogP contribution in [0.1, 0.15) is 33.9 Å². The number of ether oxygens (including phenoxy) is 1. The van der Waals surface area contributed by atoms with Crippen LogP contribution < -0.4 is 10.1 Å². The number of amides is 1. The molecule has 0 aromatic heterocycles. The summed E-state index contributed by atoms with van der Waals surface area (Å²) >= 11 is 0. The van der Waals surface area contributed by atoms with Gasteiger partial charge in [0, 0.05) is 5.57 Å². The Hall–Kier alpha value is -4.11. The number of hydrogen-bond donors (Lipinski definition) is 1. The fourth-order valence-corrected chi connectivity index (χ4v) is 3.87. The van der Waals surface area contributed by atoms with Gasteiger partial charge in [-0.1, -0.05) is 97.1 Å². The SMILES string of the molecule is COc1ccc(/C=C(/C(=O)N[C@H](c2ccccc2)c2ccccc2C)c2ccccc2)cc1. The second-order valence-electron chi connectivity index (χ2n) is 7.87. The monoisotopic (exact) mass is 433 g/mol. The normalized spacial score (nSPS) is 12.1. The molecule has 0 bridgehead atoms. The first-order valence-electron chi connectivity index (χ1n) is 11.0. The Labute approximate surface area is 195 Å². The van der Waals surface area contributed by atoms with Crippen molar-refractivity contribution < 1.29 is 9.53 Å². The first kappa shape index (κ1) is 22.1. The van der Waals surface area contributed by atoms with Crippen molar-refractivity contribution in [3.63, 3.8) is 0 Å². The zero-order valence-corrected chi connectivity index (χ0v) is 18.9. The van der Waals surface area contributed by atoms with Crippen LogP contribution in [0.3, 0.4) is 0 Å². The minimum Gasteiger partial charge on any atom is -0.497 e. The number of aryl methyl sites for hydroxylation is 1. The molecular formula is C30H27NO2. The summed E-state index contributed by atoms with van der Waals surface area (Å²) in [5.41, 5.74) is 5.65. The van der Waals surface area contributed by atoms with Crippen LogP contribution in [0.25, 0.3) is 11.6 Å². The highest BCUT2D eigenvalue weighted by atomic mass is 16.5. The molecule has 0 fully saturated rings. The Morgan fingerprint density at radius 2 is 1.39 bits per heavy atom. The molecule has 4 aromatic rings. The van der Waals surface area contributed by atoms with Crippen LogP contribution in [-0.2, 0) is 4.79 Å². The molecule has 1 atom stereocenters. The van der Waals surface area contributed by atoms with E-state index in [0.717, 1.165) is 33.6 Å². The highest BCUT2D eigenvalue weighted by Gasteiger charge is 2.21. The van der Waals surface area contributed by atoms with Gasteiger partial charge in [0.25, 0.3) is 5.91 Å². The van der Waals surface area contributed by atoms with Crippen molar-refractivity contribution in [3.8, 4) is 5.75 Å². The van der Waals surface area contributed by atoms with E-state index in [9.17, 15) is 4.79 Å². The maximum atomic E-state index is 13.7. The van der Waals surface area contributed by atoms with E-state index in [1.807, 2.05) is 103 Å². The van der Waals surface area contributed by atoms with Crippen molar-refractivity contribution >= 4 is 17.6 Å². The largest absolute Gasteiger partial charge is 0.497 e. The third-order valence-corrected chi connectivity index (χ3v) is 5.66. The first-order chi connectivity index (χ1) is 16.2. The summed E-state index contributed by atoms with van der Waals surface area (Å²) in [6, 6.07) is 35.4. The number of hydrogen-bond acceptors (Lipinski definition) is 2. The van der Waals surface area contributed by atoms with E-state index in [-0.39, 0.29) is 11.9 Å². The summed E-state index contributed by atoms with van der Waals surface area (Å²) in [6.45, 7) is 2.07. The lowest BCUT2D eigenvalue weighted by Gasteiger charge is -2.22. The van der Waals surface area contributed by atoms with Gasteiger partial charge in [-0.15, -0.1) is 0 Å². The van der Waals surface area contributed by atoms with Gasteiger partial charge in [-0.05, 0) is 52.9 Å². The third-order valence-electron chi connectivity index (χ3n) is 5.66. The van der Waals surface area contributed by atoms with E-state index in [0.29, 0.717) is 5.57 Å². The molecule has 0 heterocycles. The molecule has 0 aliphatic heterocycles. The molecule has 0 aliphatic carbocycles. The second-order valence-corrected chi connectivity index (χ2v) is 7.87. The molecular weight excluding hydrogens is 406 g/mol. The fourth-order valence-electron chi connectivity index (χ4n) is 3.87. The molecule has 1 N–H and O–H groups in total. The second kappa shape index (κ2) is 10.5. The van der Waals surface area contributed by atoms with Gasteiger partial charge in [-0.2, -0.15) is 0 Å². The molecule has 164 valence electrons. The molecule has 1 amide bonds. The lowest BCUT2D eigenvalue weighted by molar-refractivity contribution is -0.116. The highest BCUT2D eigenvalue weighted by Crippen LogP contribution is 2.27. The predicted molar refractivity (Wildman–Crippen MR) is 135 cm³/mol. The smallest absolute Gasteiger partial charge is 0.252 e. The quantitative estimate of drug-likeness (QED) is 0.269. The molecule has 33 heavy (non-hydrogen) atoms. The maximum absolute atomic E-state index is 13.7. The number of nitrogens with one attached hydrogen (secondary N) is 1. The third kappa shape index (κ3) is 5.39. The summed E-state index contributed by atoms with van der Waals surface area (Å²) < 4.78 is 5.27. The molecule has 3 nitrogen and oxygen atoms in total. The summed E-state index contributed by atoms with van der Waals surface area (Å²) in [4.78, 5) is 13.7. The maximum Gasteiger partial charge on any atom is 0.252 e. The van der Waals surface area contributed by atoms with Crippen molar-refractivity contribution in [2.75, 3.05) is 7.11 Å². The van der Waals surface area contributed by atoms with Crippen LogP contribution in [0.4, 0.5) is 0 Å². The molecule has 4 rings (SSSR count). The average Bonchev–Trinajstić information content (AvgIpc) is 2.87. The van der Waals surface area contributed by atoms with Crippen LogP contribution in [0.15, 0.2) is 109 Å². The van der Waals surface area contributed by atoms with Crippen LogP contribution in [0.2, 0.25) is 0 Å². The molecule has 0 radical (unpaired) electrons. The lowest BCUT2D eigenvalue weighted by atomic mass is 9.94. The number of methoxy groups -OCH3 is 1. The topological polar surface area (TPSA) is 38.3 Å². The molecule has 4 aromatic carbocycles. The Kier molecular flexibility index (Phi) is 7.01.